The number of methoxy groups -OCH3 is 1. The molecule has 144 valence electrons. The Kier molecular flexibility index (Phi) is 5.67. The molecule has 1 aromatic heterocycles. The van der Waals surface area contributed by atoms with Crippen LogP contribution in [0.3, 0.4) is 0 Å². The van der Waals surface area contributed by atoms with Crippen LogP contribution in [0.15, 0.2) is 18.3 Å². The van der Waals surface area contributed by atoms with Gasteiger partial charge in [-0.25, -0.2) is 13.4 Å². The number of anilines is 1. The van der Waals surface area contributed by atoms with E-state index in [1.807, 2.05) is 0 Å². The standard InChI is InChI=1S/C17H25N3O5S/c1-19(26(22,23)15-4-5-15)13-3-6-16(18-11-13)25-14-7-9-20(10-8-14)17(21)12-24-2/h3,6,11,14-15H,4-5,7-10,12H2,1-2H3. The average molecular weight is 383 g/mol. The predicted octanol–water partition coefficient (Wildman–Crippen LogP) is 1.03. The monoisotopic (exact) mass is 383 g/mol. The Morgan fingerprint density at radius 1 is 1.27 bits per heavy atom. The summed E-state index contributed by atoms with van der Waals surface area (Å²) in [5.74, 6) is 0.459. The van der Waals surface area contributed by atoms with E-state index < -0.39 is 10.0 Å². The van der Waals surface area contributed by atoms with Crippen LogP contribution in [0.25, 0.3) is 0 Å². The molecule has 2 heterocycles. The van der Waals surface area contributed by atoms with Crippen molar-refractivity contribution in [1.29, 1.82) is 0 Å². The van der Waals surface area contributed by atoms with Crippen LogP contribution in [0.2, 0.25) is 0 Å². The van der Waals surface area contributed by atoms with Crippen molar-refractivity contribution in [2.24, 2.45) is 0 Å². The zero-order chi connectivity index (χ0) is 18.7. The zero-order valence-corrected chi connectivity index (χ0v) is 15.9. The summed E-state index contributed by atoms with van der Waals surface area (Å²) < 4.78 is 36.5. The highest BCUT2D eigenvalue weighted by atomic mass is 32.2. The highest BCUT2D eigenvalue weighted by Crippen LogP contribution is 2.32. The maximum Gasteiger partial charge on any atom is 0.248 e. The summed E-state index contributed by atoms with van der Waals surface area (Å²) in [5, 5.41) is -0.255. The molecule has 2 aliphatic rings. The third kappa shape index (κ3) is 4.27. The molecule has 0 bridgehead atoms. The Balaban J connectivity index is 1.53. The smallest absolute Gasteiger partial charge is 0.248 e. The van der Waals surface area contributed by atoms with Gasteiger partial charge in [-0.15, -0.1) is 0 Å². The van der Waals surface area contributed by atoms with E-state index in [-0.39, 0.29) is 23.9 Å². The van der Waals surface area contributed by atoms with E-state index in [2.05, 4.69) is 4.98 Å². The molecule has 2 fully saturated rings. The van der Waals surface area contributed by atoms with Gasteiger partial charge in [0.25, 0.3) is 0 Å². The molecule has 1 aromatic rings. The molecule has 1 amide bonds. The SMILES string of the molecule is COCC(=O)N1CCC(Oc2ccc(N(C)S(=O)(=O)C3CC3)cn2)CC1. The first-order chi connectivity index (χ1) is 12.4. The van der Waals surface area contributed by atoms with Crippen LogP contribution in [0.5, 0.6) is 5.88 Å². The molecular weight excluding hydrogens is 358 g/mol. The normalized spacial score (nSPS) is 18.6. The van der Waals surface area contributed by atoms with Crippen molar-refractivity contribution in [1.82, 2.24) is 9.88 Å². The predicted molar refractivity (Wildman–Crippen MR) is 96.7 cm³/mol. The van der Waals surface area contributed by atoms with Crippen LogP contribution in [0.1, 0.15) is 25.7 Å². The number of sulfonamides is 1. The van der Waals surface area contributed by atoms with Gasteiger partial charge in [-0.2, -0.15) is 0 Å². The van der Waals surface area contributed by atoms with Crippen molar-refractivity contribution >= 4 is 21.6 Å². The lowest BCUT2D eigenvalue weighted by Gasteiger charge is -2.31. The number of nitrogens with zero attached hydrogens (tertiary/aromatic N) is 3. The van der Waals surface area contributed by atoms with Crippen LogP contribution in [0.4, 0.5) is 5.69 Å². The first kappa shape index (κ1) is 18.9. The van der Waals surface area contributed by atoms with Crippen molar-refractivity contribution in [3.05, 3.63) is 18.3 Å². The number of piperidine rings is 1. The number of pyridine rings is 1. The van der Waals surface area contributed by atoms with E-state index in [4.69, 9.17) is 9.47 Å². The van der Waals surface area contributed by atoms with Crippen molar-refractivity contribution in [3.63, 3.8) is 0 Å². The van der Waals surface area contributed by atoms with Gasteiger partial charge in [-0.1, -0.05) is 0 Å². The minimum absolute atomic E-state index is 0.00617. The zero-order valence-electron chi connectivity index (χ0n) is 15.1. The summed E-state index contributed by atoms with van der Waals surface area (Å²) >= 11 is 0. The van der Waals surface area contributed by atoms with E-state index in [1.165, 1.54) is 17.6 Å². The molecule has 3 rings (SSSR count). The number of ether oxygens (including phenoxy) is 2. The largest absolute Gasteiger partial charge is 0.474 e. The van der Waals surface area contributed by atoms with Gasteiger partial charge in [0.1, 0.15) is 12.7 Å². The van der Waals surface area contributed by atoms with Crippen molar-refractivity contribution < 1.29 is 22.7 Å². The minimum atomic E-state index is -3.27. The van der Waals surface area contributed by atoms with E-state index in [9.17, 15) is 13.2 Å². The second-order valence-electron chi connectivity index (χ2n) is 6.70. The van der Waals surface area contributed by atoms with Crippen molar-refractivity contribution in [2.45, 2.75) is 37.0 Å². The van der Waals surface area contributed by atoms with Gasteiger partial charge in [0.05, 0.1) is 17.1 Å². The summed E-state index contributed by atoms with van der Waals surface area (Å²) in [6.07, 6.45) is 4.43. The average Bonchev–Trinajstić information content (AvgIpc) is 3.48. The molecule has 1 saturated heterocycles. The fourth-order valence-corrected chi connectivity index (χ4v) is 4.55. The quantitative estimate of drug-likeness (QED) is 0.699. The maximum atomic E-state index is 12.3. The van der Waals surface area contributed by atoms with Crippen LogP contribution in [0, 0.1) is 0 Å². The molecule has 9 heteroatoms. The Bertz CT molecular complexity index is 725. The fourth-order valence-electron chi connectivity index (χ4n) is 2.97. The number of carbonyl (C=O) groups is 1. The Morgan fingerprint density at radius 3 is 2.50 bits per heavy atom. The second-order valence-corrected chi connectivity index (χ2v) is 8.94. The number of hydrogen-bond donors (Lipinski definition) is 0. The van der Waals surface area contributed by atoms with Gasteiger partial charge in [-0.3, -0.25) is 9.10 Å². The molecule has 8 nitrogen and oxygen atoms in total. The number of aromatic nitrogens is 1. The summed E-state index contributed by atoms with van der Waals surface area (Å²) in [6.45, 7) is 1.37. The lowest BCUT2D eigenvalue weighted by Crippen LogP contribution is -2.43. The van der Waals surface area contributed by atoms with Crippen LogP contribution >= 0.6 is 0 Å². The van der Waals surface area contributed by atoms with Gasteiger partial charge in [0.15, 0.2) is 0 Å². The number of amides is 1. The van der Waals surface area contributed by atoms with Crippen LogP contribution in [-0.2, 0) is 19.6 Å². The summed E-state index contributed by atoms with van der Waals surface area (Å²) in [5.41, 5.74) is 0.532. The van der Waals surface area contributed by atoms with E-state index in [1.54, 1.807) is 24.1 Å². The summed E-state index contributed by atoms with van der Waals surface area (Å²) in [6, 6.07) is 3.40. The number of hydrogen-bond acceptors (Lipinski definition) is 6. The van der Waals surface area contributed by atoms with Gasteiger partial charge in [0.2, 0.25) is 21.8 Å². The fraction of sp³-hybridized carbons (Fsp3) is 0.647. The van der Waals surface area contributed by atoms with E-state index in [0.717, 1.165) is 25.7 Å². The summed E-state index contributed by atoms with van der Waals surface area (Å²) in [4.78, 5) is 17.8. The maximum absolute atomic E-state index is 12.3. The topological polar surface area (TPSA) is 89.0 Å². The van der Waals surface area contributed by atoms with Gasteiger partial charge < -0.3 is 14.4 Å². The van der Waals surface area contributed by atoms with E-state index in [0.29, 0.717) is 24.7 Å². The second kappa shape index (κ2) is 7.79. The van der Waals surface area contributed by atoms with E-state index >= 15 is 0 Å². The highest BCUT2D eigenvalue weighted by Gasteiger charge is 2.39. The Labute approximate surface area is 154 Å². The molecular formula is C17H25N3O5S. The lowest BCUT2D eigenvalue weighted by molar-refractivity contribution is -0.136. The molecule has 1 aliphatic carbocycles. The third-order valence-corrected chi connectivity index (χ3v) is 7.05. The Hall–Kier alpha value is -1.87. The molecule has 0 atom stereocenters. The van der Waals surface area contributed by atoms with Gasteiger partial charge in [-0.05, 0) is 18.9 Å². The summed E-state index contributed by atoms with van der Waals surface area (Å²) in [7, 11) is -0.209. The lowest BCUT2D eigenvalue weighted by atomic mass is 10.1. The van der Waals surface area contributed by atoms with Crippen molar-refractivity contribution in [2.75, 3.05) is 38.2 Å². The number of rotatable bonds is 7. The number of likely N-dealkylation sites (tertiary alicyclic amines) is 1. The molecule has 1 saturated carbocycles. The van der Waals surface area contributed by atoms with Gasteiger partial charge >= 0.3 is 0 Å². The minimum Gasteiger partial charge on any atom is -0.474 e. The highest BCUT2D eigenvalue weighted by molar-refractivity contribution is 7.93. The first-order valence-electron chi connectivity index (χ1n) is 8.79. The Morgan fingerprint density at radius 2 is 1.96 bits per heavy atom. The van der Waals surface area contributed by atoms with Crippen molar-refractivity contribution in [3.8, 4) is 5.88 Å². The molecule has 1 aliphatic heterocycles. The van der Waals surface area contributed by atoms with Crippen LogP contribution in [-0.4, -0.2) is 69.4 Å². The molecule has 0 unspecified atom stereocenters. The molecule has 0 spiro atoms. The molecule has 0 radical (unpaired) electrons. The van der Waals surface area contributed by atoms with Crippen LogP contribution < -0.4 is 9.04 Å². The number of carbonyl (C=O) groups excluding carboxylic acids is 1. The molecule has 26 heavy (non-hydrogen) atoms. The third-order valence-electron chi connectivity index (χ3n) is 4.76. The van der Waals surface area contributed by atoms with Gasteiger partial charge in [0, 0.05) is 46.2 Å². The first-order valence-corrected chi connectivity index (χ1v) is 10.3. The molecule has 0 aromatic carbocycles. The molecule has 0 N–H and O–H groups in total.